The quantitative estimate of drug-likeness (QED) is 0.245. The van der Waals surface area contributed by atoms with Crippen LogP contribution in [0, 0.1) is 0 Å². The highest BCUT2D eigenvalue weighted by Crippen LogP contribution is 2.52. The summed E-state index contributed by atoms with van der Waals surface area (Å²) in [5.74, 6) is -0.618. The molecule has 0 radical (unpaired) electrons. The molecule has 2 fully saturated rings. The number of para-hydroxylation sites is 1. The van der Waals surface area contributed by atoms with Gasteiger partial charge in [-0.1, -0.05) is 78.9 Å². The number of halogens is 1. The number of benzene rings is 3. The van der Waals surface area contributed by atoms with Crippen molar-refractivity contribution in [1.29, 1.82) is 0 Å². The Labute approximate surface area is 230 Å². The summed E-state index contributed by atoms with van der Waals surface area (Å²) in [5, 5.41) is 2.32. The van der Waals surface area contributed by atoms with E-state index in [9.17, 15) is 14.4 Å². The fourth-order valence-corrected chi connectivity index (χ4v) is 6.71. The highest BCUT2D eigenvalue weighted by atomic mass is 35.5. The number of alkyl halides is 1. The molecule has 3 aromatic rings. The van der Waals surface area contributed by atoms with Gasteiger partial charge in [-0.2, -0.15) is 0 Å². The molecule has 0 saturated carbocycles. The first-order chi connectivity index (χ1) is 18.4. The molecular formula is C29H27ClN2O5S. The van der Waals surface area contributed by atoms with Crippen molar-refractivity contribution in [3.05, 3.63) is 102 Å². The van der Waals surface area contributed by atoms with Crippen LogP contribution in [-0.2, 0) is 19.1 Å². The Kier molecular flexibility index (Phi) is 7.63. The van der Waals surface area contributed by atoms with Gasteiger partial charge in [-0.3, -0.25) is 9.59 Å². The first kappa shape index (κ1) is 26.1. The molecule has 7 nitrogen and oxygen atoms in total. The Morgan fingerprint density at radius 1 is 0.974 bits per heavy atom. The lowest BCUT2D eigenvalue weighted by Gasteiger charge is -2.44. The fourth-order valence-electron chi connectivity index (χ4n) is 4.77. The maximum Gasteiger partial charge on any atom is 0.331 e. The van der Waals surface area contributed by atoms with E-state index >= 15 is 0 Å². The summed E-state index contributed by atoms with van der Waals surface area (Å²) < 4.78 is 10.8. The standard InChI is InChI=1S/C29H27ClN2O5S/c1-29(18-30)25(28(35)37-24(19-11-5-2-6-12-19)20-13-7-3-8-14-20)32-26(34)23(27(32)38-29)31-22(33)17-36-21-15-9-4-10-16-21/h2-16,23-25,27H,17-18H2,1H3,(H,31,33)/t23-,25+,27+,29+/m1/s1. The van der Waals surface area contributed by atoms with Gasteiger partial charge in [0.05, 0.1) is 4.75 Å². The molecule has 2 aliphatic rings. The third kappa shape index (κ3) is 5.11. The number of nitrogens with one attached hydrogen (secondary N) is 1. The van der Waals surface area contributed by atoms with Crippen molar-refractivity contribution in [2.75, 3.05) is 12.5 Å². The molecule has 2 amide bonds. The van der Waals surface area contributed by atoms with Crippen molar-refractivity contribution < 1.29 is 23.9 Å². The molecule has 0 aromatic heterocycles. The number of thioether (sulfide) groups is 1. The van der Waals surface area contributed by atoms with Gasteiger partial charge in [0.2, 0.25) is 5.91 Å². The van der Waals surface area contributed by atoms with Gasteiger partial charge in [-0.15, -0.1) is 23.4 Å². The molecule has 3 aromatic carbocycles. The van der Waals surface area contributed by atoms with Crippen LogP contribution in [0.5, 0.6) is 5.75 Å². The van der Waals surface area contributed by atoms with Crippen molar-refractivity contribution in [1.82, 2.24) is 10.2 Å². The number of β-lactam (4-membered cyclic amide) rings is 1. The second-order valence-corrected chi connectivity index (χ2v) is 11.3. The molecule has 1 N–H and O–H groups in total. The van der Waals surface area contributed by atoms with Crippen molar-refractivity contribution in [2.45, 2.75) is 35.2 Å². The minimum atomic E-state index is -0.897. The maximum atomic E-state index is 13.7. The van der Waals surface area contributed by atoms with E-state index in [1.165, 1.54) is 16.7 Å². The zero-order valence-corrected chi connectivity index (χ0v) is 22.2. The Morgan fingerprint density at radius 2 is 1.53 bits per heavy atom. The van der Waals surface area contributed by atoms with Gasteiger partial charge in [0.15, 0.2) is 12.7 Å². The summed E-state index contributed by atoms with van der Waals surface area (Å²) in [7, 11) is 0. The molecule has 4 atom stereocenters. The molecule has 5 rings (SSSR count). The number of hydrogen-bond acceptors (Lipinski definition) is 6. The predicted molar refractivity (Wildman–Crippen MR) is 146 cm³/mol. The molecule has 9 heteroatoms. The molecule has 0 unspecified atom stereocenters. The Hall–Kier alpha value is -3.49. The zero-order chi connectivity index (χ0) is 26.7. The lowest BCUT2D eigenvalue weighted by Crippen LogP contribution is -2.71. The van der Waals surface area contributed by atoms with Gasteiger partial charge in [-0.05, 0) is 30.2 Å². The third-order valence-corrected chi connectivity index (χ3v) is 9.04. The number of nitrogens with zero attached hydrogens (tertiary/aromatic N) is 1. The van der Waals surface area contributed by atoms with Crippen LogP contribution >= 0.6 is 23.4 Å². The fraction of sp³-hybridized carbons (Fsp3) is 0.276. The van der Waals surface area contributed by atoms with E-state index in [-0.39, 0.29) is 18.4 Å². The Morgan fingerprint density at radius 3 is 2.08 bits per heavy atom. The highest BCUT2D eigenvalue weighted by molar-refractivity contribution is 8.01. The average Bonchev–Trinajstić information content (AvgIpc) is 3.25. The lowest BCUT2D eigenvalue weighted by molar-refractivity contribution is -0.166. The van der Waals surface area contributed by atoms with Gasteiger partial charge in [0.25, 0.3) is 5.91 Å². The van der Waals surface area contributed by atoms with Crippen LogP contribution in [0.3, 0.4) is 0 Å². The second-order valence-electron chi connectivity index (χ2n) is 9.39. The summed E-state index contributed by atoms with van der Waals surface area (Å²) in [6, 6.07) is 26.2. The summed E-state index contributed by atoms with van der Waals surface area (Å²) >= 11 is 7.76. The van der Waals surface area contributed by atoms with Crippen LogP contribution < -0.4 is 10.1 Å². The molecule has 0 bridgehead atoms. The molecule has 0 spiro atoms. The first-order valence-electron chi connectivity index (χ1n) is 12.2. The van der Waals surface area contributed by atoms with Gasteiger partial charge in [-0.25, -0.2) is 4.79 Å². The maximum absolute atomic E-state index is 13.7. The minimum absolute atomic E-state index is 0.122. The predicted octanol–water partition coefficient (Wildman–Crippen LogP) is 4.16. The van der Waals surface area contributed by atoms with E-state index < -0.39 is 40.2 Å². The smallest absolute Gasteiger partial charge is 0.331 e. The number of ether oxygens (including phenoxy) is 2. The molecule has 2 saturated heterocycles. The van der Waals surface area contributed by atoms with Crippen molar-refractivity contribution >= 4 is 41.1 Å². The molecule has 2 aliphatic heterocycles. The molecular weight excluding hydrogens is 524 g/mol. The van der Waals surface area contributed by atoms with E-state index in [2.05, 4.69) is 5.32 Å². The molecule has 196 valence electrons. The average molecular weight is 551 g/mol. The highest BCUT2D eigenvalue weighted by Gasteiger charge is 2.66. The Balaban J connectivity index is 1.30. The normalized spacial score (nSPS) is 23.9. The number of fused-ring (bicyclic) bond motifs is 1. The number of rotatable bonds is 9. The van der Waals surface area contributed by atoms with Gasteiger partial charge >= 0.3 is 5.97 Å². The molecule has 0 aliphatic carbocycles. The summed E-state index contributed by atoms with van der Waals surface area (Å²) in [4.78, 5) is 40.9. The topological polar surface area (TPSA) is 84.9 Å². The van der Waals surface area contributed by atoms with Crippen molar-refractivity contribution in [2.24, 2.45) is 0 Å². The van der Waals surface area contributed by atoms with Gasteiger partial charge < -0.3 is 19.7 Å². The zero-order valence-electron chi connectivity index (χ0n) is 20.7. The van der Waals surface area contributed by atoms with Gasteiger partial charge in [0.1, 0.15) is 23.2 Å². The minimum Gasteiger partial charge on any atom is -0.484 e. The summed E-state index contributed by atoms with van der Waals surface area (Å²) in [6.45, 7) is 1.62. The van der Waals surface area contributed by atoms with Crippen LogP contribution in [0.2, 0.25) is 0 Å². The van der Waals surface area contributed by atoms with E-state index in [0.29, 0.717) is 5.75 Å². The molecule has 38 heavy (non-hydrogen) atoms. The van der Waals surface area contributed by atoms with Gasteiger partial charge in [0, 0.05) is 5.88 Å². The van der Waals surface area contributed by atoms with E-state index in [0.717, 1.165) is 11.1 Å². The van der Waals surface area contributed by atoms with E-state index in [4.69, 9.17) is 21.1 Å². The molecule has 2 heterocycles. The first-order valence-corrected chi connectivity index (χ1v) is 13.7. The van der Waals surface area contributed by atoms with E-state index in [1.54, 1.807) is 12.1 Å². The van der Waals surface area contributed by atoms with Crippen LogP contribution in [0.4, 0.5) is 0 Å². The van der Waals surface area contributed by atoms with Crippen LogP contribution in [0.25, 0.3) is 0 Å². The monoisotopic (exact) mass is 550 g/mol. The number of esters is 1. The van der Waals surface area contributed by atoms with Crippen LogP contribution in [0.15, 0.2) is 91.0 Å². The lowest BCUT2D eigenvalue weighted by atomic mass is 9.95. The largest absolute Gasteiger partial charge is 0.484 e. The summed E-state index contributed by atoms with van der Waals surface area (Å²) in [5.41, 5.74) is 1.64. The van der Waals surface area contributed by atoms with Crippen molar-refractivity contribution in [3.8, 4) is 5.75 Å². The Bertz CT molecular complexity index is 1260. The number of carbonyl (C=O) groups is 3. The number of hydrogen-bond donors (Lipinski definition) is 1. The summed E-state index contributed by atoms with van der Waals surface area (Å²) in [6.07, 6.45) is -0.643. The third-order valence-electron chi connectivity index (χ3n) is 6.68. The van der Waals surface area contributed by atoms with Crippen LogP contribution in [0.1, 0.15) is 24.2 Å². The number of amides is 2. The van der Waals surface area contributed by atoms with E-state index in [1.807, 2.05) is 85.8 Å². The number of carbonyl (C=O) groups excluding carboxylic acids is 3. The van der Waals surface area contributed by atoms with Crippen molar-refractivity contribution in [3.63, 3.8) is 0 Å². The van der Waals surface area contributed by atoms with Crippen LogP contribution in [-0.4, -0.2) is 57.4 Å². The SMILES string of the molecule is C[C@@]1(CCl)S[C@H]2[C@H](NC(=O)COc3ccccc3)C(=O)N2[C@H]1C(=O)OC(c1ccccc1)c1ccccc1. The second kappa shape index (κ2) is 11.1.